The van der Waals surface area contributed by atoms with Crippen molar-refractivity contribution in [2.75, 3.05) is 13.7 Å². The Labute approximate surface area is 204 Å². The molecular formula is C24H21BrN4O5. The molecule has 1 saturated heterocycles. The summed E-state index contributed by atoms with van der Waals surface area (Å²) >= 11 is 3.30. The van der Waals surface area contributed by atoms with Crippen LogP contribution in [0.15, 0.2) is 34.8 Å². The molecule has 1 aromatic carbocycles. The summed E-state index contributed by atoms with van der Waals surface area (Å²) in [5, 5.41) is 5.06. The molecule has 0 spiro atoms. The molecule has 174 valence electrons. The van der Waals surface area contributed by atoms with E-state index in [1.165, 1.54) is 12.0 Å². The van der Waals surface area contributed by atoms with Crippen LogP contribution in [0.2, 0.25) is 0 Å². The van der Waals surface area contributed by atoms with Crippen LogP contribution in [0.5, 0.6) is 5.88 Å². The van der Waals surface area contributed by atoms with E-state index in [0.717, 1.165) is 5.56 Å². The number of nitrogens with one attached hydrogen (secondary N) is 2. The highest BCUT2D eigenvalue weighted by molar-refractivity contribution is 9.10. The number of halogens is 1. The van der Waals surface area contributed by atoms with Crippen LogP contribution in [-0.4, -0.2) is 53.2 Å². The van der Waals surface area contributed by atoms with Gasteiger partial charge in [0.05, 0.1) is 11.6 Å². The largest absolute Gasteiger partial charge is 0.480 e. The molecule has 2 aliphatic rings. The van der Waals surface area contributed by atoms with Crippen molar-refractivity contribution in [3.05, 3.63) is 57.2 Å². The van der Waals surface area contributed by atoms with Gasteiger partial charge in [-0.25, -0.2) is 4.98 Å². The van der Waals surface area contributed by atoms with Crippen LogP contribution in [0.25, 0.3) is 0 Å². The van der Waals surface area contributed by atoms with Crippen molar-refractivity contribution in [2.24, 2.45) is 0 Å². The monoisotopic (exact) mass is 524 g/mol. The maximum absolute atomic E-state index is 12.9. The van der Waals surface area contributed by atoms with Gasteiger partial charge in [0.2, 0.25) is 17.7 Å². The summed E-state index contributed by atoms with van der Waals surface area (Å²) in [6.07, 6.45) is 0.912. The smallest absolute Gasteiger partial charge is 0.270 e. The number of piperidine rings is 1. The van der Waals surface area contributed by atoms with Crippen LogP contribution in [0.1, 0.15) is 51.2 Å². The molecule has 3 heterocycles. The Morgan fingerprint density at radius 2 is 2.12 bits per heavy atom. The average molecular weight is 525 g/mol. The number of methoxy groups -OCH3 is 1. The van der Waals surface area contributed by atoms with Crippen LogP contribution in [-0.2, 0) is 16.1 Å². The van der Waals surface area contributed by atoms with Gasteiger partial charge in [-0.3, -0.25) is 24.5 Å². The Balaban J connectivity index is 1.38. The molecule has 9 nitrogen and oxygen atoms in total. The summed E-state index contributed by atoms with van der Waals surface area (Å²) < 4.78 is 5.76. The lowest BCUT2D eigenvalue weighted by Gasteiger charge is -2.29. The lowest BCUT2D eigenvalue weighted by Crippen LogP contribution is -2.52. The molecule has 1 aromatic heterocycles. The Bertz CT molecular complexity index is 1250. The highest BCUT2D eigenvalue weighted by Gasteiger charge is 2.39. The van der Waals surface area contributed by atoms with E-state index in [0.29, 0.717) is 40.9 Å². The number of ether oxygens (including phenoxy) is 1. The lowest BCUT2D eigenvalue weighted by molar-refractivity contribution is -0.136. The predicted octanol–water partition coefficient (Wildman–Crippen LogP) is 1.79. The zero-order valence-corrected chi connectivity index (χ0v) is 19.9. The van der Waals surface area contributed by atoms with Gasteiger partial charge in [0, 0.05) is 37.1 Å². The fraction of sp³-hybridized carbons (Fsp3) is 0.292. The summed E-state index contributed by atoms with van der Waals surface area (Å²) in [4.78, 5) is 54.5. The molecule has 2 aliphatic heterocycles. The number of hydrogen-bond donors (Lipinski definition) is 2. The Morgan fingerprint density at radius 3 is 2.88 bits per heavy atom. The first-order valence-corrected chi connectivity index (χ1v) is 11.4. The molecular weight excluding hydrogens is 504 g/mol. The number of carbonyl (C=O) groups is 4. The lowest BCUT2D eigenvalue weighted by atomic mass is 10.0. The third-order valence-corrected chi connectivity index (χ3v) is 6.18. The van der Waals surface area contributed by atoms with Gasteiger partial charge >= 0.3 is 0 Å². The summed E-state index contributed by atoms with van der Waals surface area (Å²) in [7, 11) is 1.47. The zero-order chi connectivity index (χ0) is 24.2. The van der Waals surface area contributed by atoms with E-state index >= 15 is 0 Å². The Hall–Kier alpha value is -3.71. The van der Waals surface area contributed by atoms with E-state index < -0.39 is 11.9 Å². The summed E-state index contributed by atoms with van der Waals surface area (Å²) in [6.45, 7) is 0.585. The Kier molecular flexibility index (Phi) is 6.93. The molecule has 1 atom stereocenters. The second-order valence-corrected chi connectivity index (χ2v) is 8.58. The molecule has 4 rings (SSSR count). The normalized spacial score (nSPS) is 16.9. The fourth-order valence-corrected chi connectivity index (χ4v) is 4.27. The van der Waals surface area contributed by atoms with Crippen molar-refractivity contribution in [2.45, 2.75) is 31.8 Å². The molecule has 34 heavy (non-hydrogen) atoms. The molecule has 0 bridgehead atoms. The molecule has 0 radical (unpaired) electrons. The second-order valence-electron chi connectivity index (χ2n) is 7.73. The van der Waals surface area contributed by atoms with Crippen molar-refractivity contribution in [1.29, 1.82) is 0 Å². The van der Waals surface area contributed by atoms with Crippen LogP contribution in [0, 0.1) is 11.8 Å². The Morgan fingerprint density at radius 1 is 1.29 bits per heavy atom. The zero-order valence-electron chi connectivity index (χ0n) is 18.3. The molecule has 2 N–H and O–H groups in total. The third-order valence-electron chi connectivity index (χ3n) is 5.58. The van der Waals surface area contributed by atoms with Crippen LogP contribution >= 0.6 is 15.9 Å². The number of carbonyl (C=O) groups excluding carboxylic acids is 4. The molecule has 10 heteroatoms. The highest BCUT2D eigenvalue weighted by Crippen LogP contribution is 2.29. The molecule has 4 amide bonds. The maximum atomic E-state index is 12.9. The minimum atomic E-state index is -0.667. The fourth-order valence-electron chi connectivity index (χ4n) is 3.88. The average Bonchev–Trinajstić information content (AvgIpc) is 3.16. The van der Waals surface area contributed by atoms with Crippen molar-refractivity contribution >= 4 is 39.6 Å². The SMILES string of the molecule is COc1nc(C(=O)NCCC#Cc2cccc3c2CN(C2CCC(=O)NC2=O)C3=O)ccc1Br. The van der Waals surface area contributed by atoms with Gasteiger partial charge in [-0.1, -0.05) is 17.9 Å². The standard InChI is InChI=1S/C24H21BrN4O5/c1-34-23-17(25)8-9-18(27-23)21(31)26-12-3-2-5-14-6-4-7-15-16(14)13-29(24(15)33)19-10-11-20(30)28-22(19)32/h4,6-9,19H,3,10-13H2,1H3,(H,26,31)(H,28,30,32). The number of imide groups is 1. The van der Waals surface area contributed by atoms with Gasteiger partial charge in [-0.15, -0.1) is 0 Å². The molecule has 2 aromatic rings. The quantitative estimate of drug-likeness (QED) is 0.349. The van der Waals surface area contributed by atoms with Crippen molar-refractivity contribution in [1.82, 2.24) is 20.5 Å². The van der Waals surface area contributed by atoms with Gasteiger partial charge < -0.3 is 15.0 Å². The number of rotatable bonds is 5. The highest BCUT2D eigenvalue weighted by atomic mass is 79.9. The van der Waals surface area contributed by atoms with Gasteiger partial charge in [0.25, 0.3) is 11.8 Å². The first-order valence-electron chi connectivity index (χ1n) is 10.6. The number of nitrogens with zero attached hydrogens (tertiary/aromatic N) is 2. The number of hydrogen-bond acceptors (Lipinski definition) is 6. The van der Waals surface area contributed by atoms with E-state index in [4.69, 9.17) is 4.74 Å². The van der Waals surface area contributed by atoms with E-state index in [2.05, 4.69) is 43.4 Å². The number of amides is 4. The first-order chi connectivity index (χ1) is 16.4. The third kappa shape index (κ3) is 4.79. The minimum absolute atomic E-state index is 0.206. The number of aromatic nitrogens is 1. The summed E-state index contributed by atoms with van der Waals surface area (Å²) in [5.74, 6) is 5.08. The first kappa shape index (κ1) is 23.4. The van der Waals surface area contributed by atoms with Crippen molar-refractivity contribution < 1.29 is 23.9 Å². The van der Waals surface area contributed by atoms with Crippen LogP contribution < -0.4 is 15.4 Å². The number of fused-ring (bicyclic) bond motifs is 1. The number of pyridine rings is 1. The topological polar surface area (TPSA) is 118 Å². The van der Waals surface area contributed by atoms with Crippen molar-refractivity contribution in [3.8, 4) is 17.7 Å². The van der Waals surface area contributed by atoms with Gasteiger partial charge in [0.15, 0.2) is 0 Å². The van der Waals surface area contributed by atoms with Crippen LogP contribution in [0.3, 0.4) is 0 Å². The number of benzene rings is 1. The van der Waals surface area contributed by atoms with Crippen LogP contribution in [0.4, 0.5) is 0 Å². The van der Waals surface area contributed by atoms with E-state index in [-0.39, 0.29) is 36.4 Å². The van der Waals surface area contributed by atoms with Gasteiger partial charge in [0.1, 0.15) is 11.7 Å². The summed E-state index contributed by atoms with van der Waals surface area (Å²) in [5.41, 5.74) is 2.21. The minimum Gasteiger partial charge on any atom is -0.480 e. The van der Waals surface area contributed by atoms with E-state index in [9.17, 15) is 19.2 Å². The molecule has 1 unspecified atom stereocenters. The second kappa shape index (κ2) is 10.1. The molecule has 0 aliphatic carbocycles. The maximum Gasteiger partial charge on any atom is 0.270 e. The molecule has 1 fully saturated rings. The van der Waals surface area contributed by atoms with E-state index in [1.54, 1.807) is 24.3 Å². The van der Waals surface area contributed by atoms with Gasteiger partial charge in [-0.2, -0.15) is 0 Å². The van der Waals surface area contributed by atoms with E-state index in [1.807, 2.05) is 6.07 Å². The van der Waals surface area contributed by atoms with Gasteiger partial charge in [-0.05, 0) is 52.2 Å². The summed E-state index contributed by atoms with van der Waals surface area (Å²) in [6, 6.07) is 7.91. The van der Waals surface area contributed by atoms with Crippen molar-refractivity contribution in [3.63, 3.8) is 0 Å². The predicted molar refractivity (Wildman–Crippen MR) is 125 cm³/mol. The molecule has 0 saturated carbocycles.